The van der Waals surface area contributed by atoms with Crippen molar-refractivity contribution in [1.82, 2.24) is 14.8 Å². The summed E-state index contributed by atoms with van der Waals surface area (Å²) < 4.78 is 2.15. The van der Waals surface area contributed by atoms with E-state index in [1.807, 2.05) is 24.3 Å². The molecule has 146 valence electrons. The number of hydrogen-bond donors (Lipinski definition) is 1. The van der Waals surface area contributed by atoms with Crippen LogP contribution in [0.2, 0.25) is 0 Å². The van der Waals surface area contributed by atoms with Gasteiger partial charge >= 0.3 is 0 Å². The van der Waals surface area contributed by atoms with Crippen LogP contribution in [0, 0.1) is 0 Å². The number of aromatic nitrogens is 3. The van der Waals surface area contributed by atoms with Crippen molar-refractivity contribution in [3.05, 3.63) is 71.0 Å². The summed E-state index contributed by atoms with van der Waals surface area (Å²) in [5.74, 6) is 1.79. The molecule has 2 heterocycles. The van der Waals surface area contributed by atoms with E-state index in [4.69, 9.17) is 0 Å². The van der Waals surface area contributed by atoms with E-state index in [0.717, 1.165) is 35.1 Å². The molecule has 7 heteroatoms. The van der Waals surface area contributed by atoms with Crippen LogP contribution in [0.1, 0.15) is 46.1 Å². The highest BCUT2D eigenvalue weighted by molar-refractivity contribution is 7.99. The molecule has 29 heavy (non-hydrogen) atoms. The topological polar surface area (TPSA) is 76.9 Å². The maximum absolute atomic E-state index is 12.7. The molecule has 2 aliphatic rings. The summed E-state index contributed by atoms with van der Waals surface area (Å²) in [7, 11) is 0. The fourth-order valence-electron chi connectivity index (χ4n) is 3.58. The second kappa shape index (κ2) is 7.48. The van der Waals surface area contributed by atoms with Gasteiger partial charge in [-0.15, -0.1) is 10.2 Å². The molecule has 0 radical (unpaired) electrons. The number of fused-ring (bicyclic) bond motifs is 1. The maximum atomic E-state index is 12.7. The number of benzene rings is 2. The molecule has 0 bridgehead atoms. The van der Waals surface area contributed by atoms with Crippen molar-refractivity contribution in [2.45, 2.75) is 36.9 Å². The van der Waals surface area contributed by atoms with Gasteiger partial charge in [0.1, 0.15) is 5.82 Å². The SMILES string of the molecule is O=C1Cc2cc(C(=O)CSc3nnc(C4CC4)n3Cc3ccccc3)ccc2N1. The smallest absolute Gasteiger partial charge is 0.228 e. The van der Waals surface area contributed by atoms with Crippen LogP contribution in [0.25, 0.3) is 0 Å². The molecule has 2 aromatic carbocycles. The average molecular weight is 404 g/mol. The van der Waals surface area contributed by atoms with Gasteiger partial charge in [-0.2, -0.15) is 0 Å². The molecule has 0 spiro atoms. The van der Waals surface area contributed by atoms with Crippen LogP contribution in [0.5, 0.6) is 0 Å². The standard InChI is InChI=1S/C22H20N4O2S/c27-19(16-8-9-18-17(10-16)11-20(28)23-18)13-29-22-25-24-21(15-6-7-15)26(22)12-14-4-2-1-3-5-14/h1-5,8-10,15H,6-7,11-13H2,(H,23,28). The number of nitrogens with one attached hydrogen (secondary N) is 1. The van der Waals surface area contributed by atoms with E-state index in [2.05, 4.69) is 32.2 Å². The Kier molecular flexibility index (Phi) is 4.67. The summed E-state index contributed by atoms with van der Waals surface area (Å²) in [6.07, 6.45) is 2.64. The van der Waals surface area contributed by atoms with Crippen LogP contribution in [0.15, 0.2) is 53.7 Å². The van der Waals surface area contributed by atoms with Crippen LogP contribution in [-0.2, 0) is 17.8 Å². The predicted octanol–water partition coefficient (Wildman–Crippen LogP) is 3.67. The largest absolute Gasteiger partial charge is 0.326 e. The molecule has 0 unspecified atom stereocenters. The first kappa shape index (κ1) is 18.1. The fourth-order valence-corrected chi connectivity index (χ4v) is 4.42. The van der Waals surface area contributed by atoms with Crippen molar-refractivity contribution in [1.29, 1.82) is 0 Å². The van der Waals surface area contributed by atoms with E-state index < -0.39 is 0 Å². The van der Waals surface area contributed by atoms with Crippen molar-refractivity contribution in [3.8, 4) is 0 Å². The quantitative estimate of drug-likeness (QED) is 0.480. The van der Waals surface area contributed by atoms with Gasteiger partial charge in [0.15, 0.2) is 10.9 Å². The van der Waals surface area contributed by atoms with Gasteiger partial charge in [0.2, 0.25) is 5.91 Å². The molecule has 3 aromatic rings. The lowest BCUT2D eigenvalue weighted by molar-refractivity contribution is -0.115. The van der Waals surface area contributed by atoms with Gasteiger partial charge in [-0.25, -0.2) is 0 Å². The molecule has 1 fully saturated rings. The highest BCUT2D eigenvalue weighted by atomic mass is 32.2. The third kappa shape index (κ3) is 3.82. The summed E-state index contributed by atoms with van der Waals surface area (Å²) in [5, 5.41) is 12.4. The highest BCUT2D eigenvalue weighted by Crippen LogP contribution is 2.40. The Bertz CT molecular complexity index is 1090. The number of thioether (sulfide) groups is 1. The lowest BCUT2D eigenvalue weighted by Gasteiger charge is -2.10. The van der Waals surface area contributed by atoms with Crippen molar-refractivity contribution >= 4 is 29.1 Å². The molecular weight excluding hydrogens is 384 g/mol. The number of amides is 1. The van der Waals surface area contributed by atoms with Crippen LogP contribution < -0.4 is 5.32 Å². The van der Waals surface area contributed by atoms with E-state index in [1.165, 1.54) is 17.3 Å². The van der Waals surface area contributed by atoms with E-state index in [9.17, 15) is 9.59 Å². The van der Waals surface area contributed by atoms with Gasteiger partial charge in [-0.3, -0.25) is 9.59 Å². The summed E-state index contributed by atoms with van der Waals surface area (Å²) in [4.78, 5) is 24.3. The van der Waals surface area contributed by atoms with Crippen molar-refractivity contribution in [3.63, 3.8) is 0 Å². The van der Waals surface area contributed by atoms with Crippen LogP contribution in [-0.4, -0.2) is 32.2 Å². The first-order valence-electron chi connectivity index (χ1n) is 9.73. The second-order valence-electron chi connectivity index (χ2n) is 7.50. The first-order chi connectivity index (χ1) is 14.2. The number of rotatable bonds is 7. The van der Waals surface area contributed by atoms with Crippen LogP contribution >= 0.6 is 11.8 Å². The molecule has 1 amide bonds. The van der Waals surface area contributed by atoms with E-state index in [-0.39, 0.29) is 17.4 Å². The third-order valence-electron chi connectivity index (χ3n) is 5.26. The van der Waals surface area contributed by atoms with Crippen molar-refractivity contribution in [2.75, 3.05) is 11.1 Å². The molecule has 5 rings (SSSR count). The number of Topliss-reactive ketones (excluding diaryl/α,β-unsaturated/α-hetero) is 1. The van der Waals surface area contributed by atoms with E-state index in [0.29, 0.717) is 24.4 Å². The van der Waals surface area contributed by atoms with Crippen molar-refractivity contribution in [2.24, 2.45) is 0 Å². The number of carbonyl (C=O) groups is 2. The lowest BCUT2D eigenvalue weighted by Crippen LogP contribution is -2.08. The van der Waals surface area contributed by atoms with Gasteiger partial charge in [-0.05, 0) is 42.2 Å². The lowest BCUT2D eigenvalue weighted by atomic mass is 10.1. The zero-order valence-corrected chi connectivity index (χ0v) is 16.6. The molecule has 1 aliphatic heterocycles. The van der Waals surface area contributed by atoms with E-state index in [1.54, 1.807) is 12.1 Å². The fraction of sp³-hybridized carbons (Fsp3) is 0.273. The summed E-state index contributed by atoms with van der Waals surface area (Å²) >= 11 is 1.43. The average Bonchev–Trinajstić information content (AvgIpc) is 3.39. The molecule has 1 aromatic heterocycles. The van der Waals surface area contributed by atoms with Gasteiger partial charge < -0.3 is 9.88 Å². The van der Waals surface area contributed by atoms with Gasteiger partial charge in [0, 0.05) is 17.2 Å². The first-order valence-corrected chi connectivity index (χ1v) is 10.7. The minimum Gasteiger partial charge on any atom is -0.326 e. The van der Waals surface area contributed by atoms with Crippen LogP contribution in [0.3, 0.4) is 0 Å². The zero-order valence-electron chi connectivity index (χ0n) is 15.8. The molecule has 1 aliphatic carbocycles. The van der Waals surface area contributed by atoms with Gasteiger partial charge in [-0.1, -0.05) is 42.1 Å². The number of carbonyl (C=O) groups excluding carboxylic acids is 2. The minimum atomic E-state index is -0.0272. The summed E-state index contributed by atoms with van der Waals surface area (Å²) in [6, 6.07) is 15.7. The number of ketones is 1. The number of nitrogens with zero attached hydrogens (tertiary/aromatic N) is 3. The highest BCUT2D eigenvalue weighted by Gasteiger charge is 2.30. The maximum Gasteiger partial charge on any atom is 0.228 e. The minimum absolute atomic E-state index is 0.0272. The molecule has 0 atom stereocenters. The Morgan fingerprint density at radius 3 is 2.76 bits per heavy atom. The van der Waals surface area contributed by atoms with Crippen LogP contribution in [0.4, 0.5) is 5.69 Å². The summed E-state index contributed by atoms with van der Waals surface area (Å²) in [5.41, 5.74) is 3.51. The predicted molar refractivity (Wildman–Crippen MR) is 111 cm³/mol. The van der Waals surface area contributed by atoms with Crippen molar-refractivity contribution < 1.29 is 9.59 Å². The molecule has 0 saturated heterocycles. The summed E-state index contributed by atoms with van der Waals surface area (Å²) in [6.45, 7) is 0.711. The Hall–Kier alpha value is -2.93. The zero-order chi connectivity index (χ0) is 19.8. The van der Waals surface area contributed by atoms with Gasteiger partial charge in [0.25, 0.3) is 0 Å². The molecule has 1 N–H and O–H groups in total. The Morgan fingerprint density at radius 2 is 1.97 bits per heavy atom. The monoisotopic (exact) mass is 404 g/mol. The second-order valence-corrected chi connectivity index (χ2v) is 8.44. The molecule has 1 saturated carbocycles. The Morgan fingerprint density at radius 1 is 1.14 bits per heavy atom. The Balaban J connectivity index is 1.32. The normalized spacial score (nSPS) is 15.2. The molecule has 6 nitrogen and oxygen atoms in total. The molecular formula is C22H20N4O2S. The third-order valence-corrected chi connectivity index (χ3v) is 6.22. The Labute approximate surface area is 172 Å². The van der Waals surface area contributed by atoms with Gasteiger partial charge in [0.05, 0.1) is 18.7 Å². The number of anilines is 1. The number of hydrogen-bond acceptors (Lipinski definition) is 5. The van der Waals surface area contributed by atoms with E-state index >= 15 is 0 Å².